The normalized spacial score (nSPS) is 21.9. The second-order valence-corrected chi connectivity index (χ2v) is 10.1. The fourth-order valence-electron chi connectivity index (χ4n) is 4.77. The molecule has 0 aliphatic carbocycles. The van der Waals surface area contributed by atoms with Gasteiger partial charge in [0.1, 0.15) is 18.7 Å². The molecule has 0 unspecified atom stereocenters. The van der Waals surface area contributed by atoms with E-state index in [1.54, 1.807) is 29.2 Å². The Bertz CT molecular complexity index is 1050. The van der Waals surface area contributed by atoms with Crippen molar-refractivity contribution < 1.29 is 38.9 Å². The molecule has 0 bridgehead atoms. The molecular weight excluding hydrogens is 510 g/mol. The Morgan fingerprint density at radius 1 is 0.923 bits per heavy atom. The molecule has 6 N–H and O–H groups in total. The van der Waals surface area contributed by atoms with Crippen LogP contribution >= 0.6 is 0 Å². The highest BCUT2D eigenvalue weighted by atomic mass is 16.5. The van der Waals surface area contributed by atoms with E-state index in [1.165, 1.54) is 18.7 Å². The molecule has 0 saturated carbocycles. The molecule has 13 nitrogen and oxygen atoms in total. The van der Waals surface area contributed by atoms with Crippen LogP contribution in [0.2, 0.25) is 0 Å². The average Bonchev–Trinajstić information content (AvgIpc) is 3.59. The van der Waals surface area contributed by atoms with Crippen molar-refractivity contribution in [2.75, 3.05) is 26.2 Å². The van der Waals surface area contributed by atoms with Gasteiger partial charge in [-0.05, 0) is 32.3 Å². The van der Waals surface area contributed by atoms with Crippen molar-refractivity contribution in [1.29, 1.82) is 0 Å². The number of nitrogens with zero attached hydrogens (tertiary/aromatic N) is 2. The number of aliphatic hydroxyl groups excluding tert-OH is 2. The van der Waals surface area contributed by atoms with E-state index in [-0.39, 0.29) is 32.1 Å². The Balaban J connectivity index is 1.50. The minimum Gasteiger partial charge on any atom is -0.445 e. The third kappa shape index (κ3) is 7.90. The highest BCUT2D eigenvalue weighted by Gasteiger charge is 2.40. The predicted octanol–water partition coefficient (Wildman–Crippen LogP) is -1.29. The largest absolute Gasteiger partial charge is 0.445 e. The molecule has 1 aromatic rings. The van der Waals surface area contributed by atoms with Crippen LogP contribution in [0.1, 0.15) is 32.3 Å². The Hall–Kier alpha value is -3.71. The number of ether oxygens (including phenoxy) is 1. The maximum Gasteiger partial charge on any atom is 0.408 e. The molecule has 2 aliphatic heterocycles. The molecule has 0 radical (unpaired) electrons. The molecule has 39 heavy (non-hydrogen) atoms. The molecule has 13 heteroatoms. The minimum absolute atomic E-state index is 0.00471. The molecular formula is C26H37N5O8. The molecule has 3 rings (SSSR count). The second kappa shape index (κ2) is 13.4. The lowest BCUT2D eigenvalue weighted by atomic mass is 10.1. The van der Waals surface area contributed by atoms with Crippen molar-refractivity contribution in [2.24, 2.45) is 17.6 Å². The van der Waals surface area contributed by atoms with E-state index in [2.05, 4.69) is 10.6 Å². The first-order chi connectivity index (χ1) is 18.5. The van der Waals surface area contributed by atoms with Crippen molar-refractivity contribution in [2.45, 2.75) is 57.6 Å². The molecule has 0 aromatic heterocycles. The van der Waals surface area contributed by atoms with Gasteiger partial charge in [-0.25, -0.2) is 4.79 Å². The van der Waals surface area contributed by atoms with E-state index < -0.39 is 59.9 Å². The molecule has 214 valence electrons. The number of hydrogen-bond acceptors (Lipinski definition) is 8. The second-order valence-electron chi connectivity index (χ2n) is 10.1. The van der Waals surface area contributed by atoms with Crippen LogP contribution in [-0.4, -0.2) is 100 Å². The van der Waals surface area contributed by atoms with Crippen molar-refractivity contribution in [1.82, 2.24) is 20.4 Å². The lowest BCUT2D eigenvalue weighted by Gasteiger charge is -2.26. The van der Waals surface area contributed by atoms with Crippen LogP contribution in [0.25, 0.3) is 0 Å². The minimum atomic E-state index is -1.24. The Labute approximate surface area is 226 Å². The SMILES string of the molecule is C[C@@H](O)[C@H](NC(=O)[C@H]1CCN(C(=O)[C@H]2CCN(C(=O)[C@@H](NC(=O)OCc3ccccc3)[C@@H](C)O)C2)C1)C(N)=O. The van der Waals surface area contributed by atoms with Gasteiger partial charge >= 0.3 is 6.09 Å². The summed E-state index contributed by atoms with van der Waals surface area (Å²) in [5.74, 6) is -3.10. The average molecular weight is 548 g/mol. The summed E-state index contributed by atoms with van der Waals surface area (Å²) in [5, 5.41) is 24.7. The van der Waals surface area contributed by atoms with Gasteiger partial charge in [0, 0.05) is 26.2 Å². The highest BCUT2D eigenvalue weighted by molar-refractivity contribution is 5.90. The molecule has 2 heterocycles. The first-order valence-corrected chi connectivity index (χ1v) is 13.0. The van der Waals surface area contributed by atoms with Crippen LogP contribution in [0.4, 0.5) is 4.79 Å². The molecule has 0 spiro atoms. The lowest BCUT2D eigenvalue weighted by molar-refractivity contribution is -0.137. The van der Waals surface area contributed by atoms with E-state index in [0.717, 1.165) is 5.56 Å². The monoisotopic (exact) mass is 547 g/mol. The molecule has 2 fully saturated rings. The summed E-state index contributed by atoms with van der Waals surface area (Å²) in [5.41, 5.74) is 6.00. The molecule has 1 aromatic carbocycles. The molecule has 5 amide bonds. The number of rotatable bonds is 10. The van der Waals surface area contributed by atoms with Crippen LogP contribution in [0.15, 0.2) is 30.3 Å². The molecule has 6 atom stereocenters. The summed E-state index contributed by atoms with van der Waals surface area (Å²) in [7, 11) is 0. The molecule has 2 aliphatic rings. The maximum atomic E-state index is 13.1. The smallest absolute Gasteiger partial charge is 0.408 e. The Morgan fingerprint density at radius 2 is 1.51 bits per heavy atom. The number of benzene rings is 1. The van der Waals surface area contributed by atoms with Crippen LogP contribution in [0.3, 0.4) is 0 Å². The van der Waals surface area contributed by atoms with Gasteiger partial charge in [0.2, 0.25) is 23.6 Å². The number of nitrogens with one attached hydrogen (secondary N) is 2. The summed E-state index contributed by atoms with van der Waals surface area (Å²) in [4.78, 5) is 65.5. The van der Waals surface area contributed by atoms with Gasteiger partial charge in [-0.3, -0.25) is 19.2 Å². The predicted molar refractivity (Wildman–Crippen MR) is 137 cm³/mol. The van der Waals surface area contributed by atoms with Crippen molar-refractivity contribution in [3.8, 4) is 0 Å². The zero-order valence-corrected chi connectivity index (χ0v) is 22.1. The van der Waals surface area contributed by atoms with E-state index in [4.69, 9.17) is 10.5 Å². The third-order valence-corrected chi connectivity index (χ3v) is 7.04. The number of carbonyl (C=O) groups excluding carboxylic acids is 5. The van der Waals surface area contributed by atoms with Crippen molar-refractivity contribution in [3.63, 3.8) is 0 Å². The van der Waals surface area contributed by atoms with E-state index in [9.17, 15) is 34.2 Å². The van der Waals surface area contributed by atoms with Gasteiger partial charge in [-0.2, -0.15) is 0 Å². The third-order valence-electron chi connectivity index (χ3n) is 7.04. The number of aliphatic hydroxyl groups is 2. The fourth-order valence-corrected chi connectivity index (χ4v) is 4.77. The number of primary amides is 1. The van der Waals surface area contributed by atoms with Gasteiger partial charge in [0.15, 0.2) is 0 Å². The Kier molecular flexibility index (Phi) is 10.2. The number of likely N-dealkylation sites (tertiary alicyclic amines) is 2. The molecule has 2 saturated heterocycles. The van der Waals surface area contributed by atoms with E-state index in [0.29, 0.717) is 19.4 Å². The zero-order chi connectivity index (χ0) is 28.7. The number of carbonyl (C=O) groups is 5. The number of nitrogens with two attached hydrogens (primary N) is 1. The maximum absolute atomic E-state index is 13.1. The van der Waals surface area contributed by atoms with Crippen LogP contribution in [0.5, 0.6) is 0 Å². The van der Waals surface area contributed by atoms with Crippen molar-refractivity contribution >= 4 is 29.7 Å². The van der Waals surface area contributed by atoms with Crippen LogP contribution in [-0.2, 0) is 30.5 Å². The first-order valence-electron chi connectivity index (χ1n) is 13.0. The van der Waals surface area contributed by atoms with Gasteiger partial charge in [-0.1, -0.05) is 30.3 Å². The first kappa shape index (κ1) is 29.8. The summed E-state index contributed by atoms with van der Waals surface area (Å²) in [6.07, 6.45) is -2.41. The summed E-state index contributed by atoms with van der Waals surface area (Å²) < 4.78 is 5.16. The Morgan fingerprint density at radius 3 is 2.13 bits per heavy atom. The summed E-state index contributed by atoms with van der Waals surface area (Å²) in [6, 6.07) is 6.55. The topological polar surface area (TPSA) is 192 Å². The fraction of sp³-hybridized carbons (Fsp3) is 0.577. The lowest BCUT2D eigenvalue weighted by Crippen LogP contribution is -2.53. The number of amides is 5. The van der Waals surface area contributed by atoms with Gasteiger partial charge < -0.3 is 41.1 Å². The van der Waals surface area contributed by atoms with Crippen molar-refractivity contribution in [3.05, 3.63) is 35.9 Å². The van der Waals surface area contributed by atoms with E-state index in [1.807, 2.05) is 6.07 Å². The summed E-state index contributed by atoms with van der Waals surface area (Å²) >= 11 is 0. The number of alkyl carbamates (subject to hydrolysis) is 1. The standard InChI is InChI=1S/C26H37N5O8/c1-15(32)20(22(27)34)28-23(35)18-8-10-30(12-18)24(36)19-9-11-31(13-19)25(37)21(16(2)33)29-26(38)39-14-17-6-4-3-5-7-17/h3-7,15-16,18-21,32-33H,8-14H2,1-2H3,(H2,27,34)(H,28,35)(H,29,38)/t15-,16-,18+,19+,20+,21+/m1/s1. The zero-order valence-electron chi connectivity index (χ0n) is 22.1. The van der Waals surface area contributed by atoms with Gasteiger partial charge in [-0.15, -0.1) is 0 Å². The number of hydrogen-bond donors (Lipinski definition) is 5. The van der Waals surface area contributed by atoms with Gasteiger partial charge in [0.05, 0.1) is 24.0 Å². The van der Waals surface area contributed by atoms with Crippen LogP contribution < -0.4 is 16.4 Å². The van der Waals surface area contributed by atoms with Gasteiger partial charge in [0.25, 0.3) is 0 Å². The quantitative estimate of drug-likeness (QED) is 0.239. The summed E-state index contributed by atoms with van der Waals surface area (Å²) in [6.45, 7) is 3.60. The highest BCUT2D eigenvalue weighted by Crippen LogP contribution is 2.24. The van der Waals surface area contributed by atoms with E-state index >= 15 is 0 Å². The van der Waals surface area contributed by atoms with Crippen LogP contribution in [0, 0.1) is 11.8 Å².